The number of hydrogen-bond donors (Lipinski definition) is 0. The third-order valence-corrected chi connectivity index (χ3v) is 5.01. The summed E-state index contributed by atoms with van der Waals surface area (Å²) >= 11 is 0. The van der Waals surface area contributed by atoms with Crippen LogP contribution in [0.4, 0.5) is 0 Å². The zero-order chi connectivity index (χ0) is 15.8. The van der Waals surface area contributed by atoms with Crippen LogP contribution in [0.5, 0.6) is 5.75 Å². The average molecular weight is 289 g/mol. The lowest BCUT2D eigenvalue weighted by Crippen LogP contribution is -2.58. The van der Waals surface area contributed by atoms with Gasteiger partial charge in [0.25, 0.3) is 0 Å². The van der Waals surface area contributed by atoms with Crippen LogP contribution in [0.3, 0.4) is 0 Å². The summed E-state index contributed by atoms with van der Waals surface area (Å²) in [6.45, 7) is 13.6. The predicted molar refractivity (Wildman–Crippen MR) is 90.1 cm³/mol. The highest BCUT2D eigenvalue weighted by atomic mass is 16.5. The van der Waals surface area contributed by atoms with Gasteiger partial charge in [0.2, 0.25) is 0 Å². The largest absolute Gasteiger partial charge is 0.491 e. The molecule has 1 aliphatic heterocycles. The molecule has 1 heterocycles. The summed E-state index contributed by atoms with van der Waals surface area (Å²) < 4.78 is 5.86. The standard InChI is InChI=1S/C19H31NO/c1-14(2)21-17-10-8-9-15(11-17)16-12-18(3,4)20(7)19(5,6)13-16/h8-11,14,16H,12-13H2,1-7H3. The van der Waals surface area contributed by atoms with Gasteiger partial charge in [0.15, 0.2) is 0 Å². The van der Waals surface area contributed by atoms with Crippen LogP contribution in [0.1, 0.15) is 65.9 Å². The zero-order valence-corrected chi connectivity index (χ0v) is 14.7. The quantitative estimate of drug-likeness (QED) is 0.789. The maximum absolute atomic E-state index is 5.86. The van der Waals surface area contributed by atoms with Crippen molar-refractivity contribution >= 4 is 0 Å². The Morgan fingerprint density at radius 2 is 1.67 bits per heavy atom. The van der Waals surface area contributed by atoms with Crippen LogP contribution in [0.25, 0.3) is 0 Å². The van der Waals surface area contributed by atoms with Gasteiger partial charge in [-0.15, -0.1) is 0 Å². The molecule has 2 nitrogen and oxygen atoms in total. The van der Waals surface area contributed by atoms with E-state index >= 15 is 0 Å². The summed E-state index contributed by atoms with van der Waals surface area (Å²) in [4.78, 5) is 2.53. The second kappa shape index (κ2) is 5.64. The van der Waals surface area contributed by atoms with E-state index in [-0.39, 0.29) is 17.2 Å². The number of piperidine rings is 1. The Kier molecular flexibility index (Phi) is 4.39. The van der Waals surface area contributed by atoms with Crippen LogP contribution >= 0.6 is 0 Å². The second-order valence-electron chi connectivity index (χ2n) is 8.03. The van der Waals surface area contributed by atoms with E-state index in [1.54, 1.807) is 0 Å². The van der Waals surface area contributed by atoms with Crippen molar-refractivity contribution in [3.05, 3.63) is 29.8 Å². The number of likely N-dealkylation sites (tertiary alicyclic amines) is 1. The van der Waals surface area contributed by atoms with E-state index in [2.05, 4.69) is 77.8 Å². The summed E-state index contributed by atoms with van der Waals surface area (Å²) in [5, 5.41) is 0. The van der Waals surface area contributed by atoms with Crippen LogP contribution < -0.4 is 4.74 Å². The van der Waals surface area contributed by atoms with Crippen molar-refractivity contribution in [1.29, 1.82) is 0 Å². The molecule has 1 aliphatic rings. The number of ether oxygens (including phenoxy) is 1. The van der Waals surface area contributed by atoms with Crippen molar-refractivity contribution in [2.24, 2.45) is 0 Å². The molecule has 1 aromatic carbocycles. The molecule has 21 heavy (non-hydrogen) atoms. The average Bonchev–Trinajstić information content (AvgIpc) is 2.34. The highest BCUT2D eigenvalue weighted by molar-refractivity contribution is 5.32. The monoisotopic (exact) mass is 289 g/mol. The lowest BCUT2D eigenvalue weighted by Gasteiger charge is -2.54. The SMILES string of the molecule is CC(C)Oc1cccc(C2CC(C)(C)N(C)C(C)(C)C2)c1. The van der Waals surface area contributed by atoms with Gasteiger partial charge in [0.05, 0.1) is 6.10 Å². The molecule has 2 heteroatoms. The summed E-state index contributed by atoms with van der Waals surface area (Å²) in [6, 6.07) is 8.69. The van der Waals surface area contributed by atoms with Crippen molar-refractivity contribution in [2.75, 3.05) is 7.05 Å². The maximum Gasteiger partial charge on any atom is 0.119 e. The van der Waals surface area contributed by atoms with E-state index < -0.39 is 0 Å². The lowest BCUT2D eigenvalue weighted by molar-refractivity contribution is -0.0128. The van der Waals surface area contributed by atoms with Crippen LogP contribution in [0, 0.1) is 0 Å². The van der Waals surface area contributed by atoms with Crippen LogP contribution in [-0.4, -0.2) is 29.1 Å². The summed E-state index contributed by atoms with van der Waals surface area (Å²) in [7, 11) is 2.26. The summed E-state index contributed by atoms with van der Waals surface area (Å²) in [6.07, 6.45) is 2.61. The molecule has 0 amide bonds. The minimum absolute atomic E-state index is 0.224. The minimum atomic E-state index is 0.224. The predicted octanol–water partition coefficient (Wildman–Crippen LogP) is 4.84. The second-order valence-corrected chi connectivity index (χ2v) is 8.03. The number of nitrogens with zero attached hydrogens (tertiary/aromatic N) is 1. The maximum atomic E-state index is 5.86. The summed E-state index contributed by atoms with van der Waals surface area (Å²) in [5.41, 5.74) is 1.87. The molecule has 0 aliphatic carbocycles. The molecule has 0 aromatic heterocycles. The van der Waals surface area contributed by atoms with E-state index in [0.29, 0.717) is 5.92 Å². The molecule has 0 bridgehead atoms. The van der Waals surface area contributed by atoms with Gasteiger partial charge >= 0.3 is 0 Å². The summed E-state index contributed by atoms with van der Waals surface area (Å²) in [5.74, 6) is 1.60. The van der Waals surface area contributed by atoms with Gasteiger partial charge in [-0.2, -0.15) is 0 Å². The molecule has 0 unspecified atom stereocenters. The zero-order valence-electron chi connectivity index (χ0n) is 14.7. The Bertz CT molecular complexity index is 472. The molecule has 0 saturated carbocycles. The van der Waals surface area contributed by atoms with E-state index in [4.69, 9.17) is 4.74 Å². The molecule has 1 aromatic rings. The van der Waals surface area contributed by atoms with E-state index in [0.717, 1.165) is 5.75 Å². The van der Waals surface area contributed by atoms with Gasteiger partial charge in [-0.3, -0.25) is 4.90 Å². The van der Waals surface area contributed by atoms with Gasteiger partial charge in [-0.05, 0) is 85.0 Å². The minimum Gasteiger partial charge on any atom is -0.491 e. The first-order chi connectivity index (χ1) is 9.62. The molecule has 118 valence electrons. The van der Waals surface area contributed by atoms with Crippen LogP contribution in [0.2, 0.25) is 0 Å². The van der Waals surface area contributed by atoms with Gasteiger partial charge in [-0.25, -0.2) is 0 Å². The van der Waals surface area contributed by atoms with Gasteiger partial charge in [-0.1, -0.05) is 12.1 Å². The van der Waals surface area contributed by atoms with Crippen molar-refractivity contribution in [2.45, 2.75) is 77.5 Å². The van der Waals surface area contributed by atoms with Gasteiger partial charge in [0.1, 0.15) is 5.75 Å². The Labute approximate surface area is 130 Å². The lowest BCUT2D eigenvalue weighted by atomic mass is 9.71. The van der Waals surface area contributed by atoms with Crippen molar-refractivity contribution in [1.82, 2.24) is 4.90 Å². The molecule has 0 radical (unpaired) electrons. The highest BCUT2D eigenvalue weighted by Gasteiger charge is 2.43. The van der Waals surface area contributed by atoms with Crippen molar-refractivity contribution in [3.63, 3.8) is 0 Å². The highest BCUT2D eigenvalue weighted by Crippen LogP contribution is 2.45. The van der Waals surface area contributed by atoms with Crippen LogP contribution in [-0.2, 0) is 0 Å². The molecular formula is C19H31NO. The molecule has 0 atom stereocenters. The number of benzene rings is 1. The van der Waals surface area contributed by atoms with Crippen molar-refractivity contribution < 1.29 is 4.74 Å². The fraction of sp³-hybridized carbons (Fsp3) is 0.684. The van der Waals surface area contributed by atoms with E-state index in [1.165, 1.54) is 18.4 Å². The van der Waals surface area contributed by atoms with Gasteiger partial charge < -0.3 is 4.74 Å². The van der Waals surface area contributed by atoms with Crippen molar-refractivity contribution in [3.8, 4) is 5.75 Å². The first kappa shape index (κ1) is 16.4. The van der Waals surface area contributed by atoms with E-state index in [1.807, 2.05) is 0 Å². The molecule has 0 spiro atoms. The topological polar surface area (TPSA) is 12.5 Å². The van der Waals surface area contributed by atoms with Crippen LogP contribution in [0.15, 0.2) is 24.3 Å². The Balaban J connectivity index is 2.26. The molecule has 1 saturated heterocycles. The molecule has 2 rings (SSSR count). The fourth-order valence-electron chi connectivity index (χ4n) is 3.72. The molecule has 1 fully saturated rings. The smallest absolute Gasteiger partial charge is 0.119 e. The molecular weight excluding hydrogens is 258 g/mol. The normalized spacial score (nSPS) is 22.5. The third-order valence-electron chi connectivity index (χ3n) is 5.01. The fourth-order valence-corrected chi connectivity index (χ4v) is 3.72. The Morgan fingerprint density at radius 3 is 2.19 bits per heavy atom. The number of hydrogen-bond acceptors (Lipinski definition) is 2. The third kappa shape index (κ3) is 3.60. The first-order valence-electron chi connectivity index (χ1n) is 8.12. The van der Waals surface area contributed by atoms with Gasteiger partial charge in [0, 0.05) is 11.1 Å². The molecule has 0 N–H and O–H groups in total. The Hall–Kier alpha value is -1.02. The Morgan fingerprint density at radius 1 is 1.10 bits per heavy atom. The first-order valence-corrected chi connectivity index (χ1v) is 8.12. The number of rotatable bonds is 3. The van der Waals surface area contributed by atoms with E-state index in [9.17, 15) is 0 Å².